The number of para-hydroxylation sites is 1. The largest absolute Gasteiger partial charge is 0.505 e. The van der Waals surface area contributed by atoms with Gasteiger partial charge in [-0.05, 0) is 18.6 Å². The molecule has 0 saturated carbocycles. The van der Waals surface area contributed by atoms with Gasteiger partial charge in [0.2, 0.25) is 0 Å². The second kappa shape index (κ2) is 3.01. The van der Waals surface area contributed by atoms with E-state index < -0.39 is 0 Å². The first-order valence-corrected chi connectivity index (χ1v) is 5.36. The maximum atomic E-state index is 10.1. The number of phenols is 1. The summed E-state index contributed by atoms with van der Waals surface area (Å²) in [6.07, 6.45) is 0. The van der Waals surface area contributed by atoms with Crippen molar-refractivity contribution in [3.63, 3.8) is 0 Å². The zero-order valence-corrected chi connectivity index (χ0v) is 9.36. The van der Waals surface area contributed by atoms with E-state index in [0.717, 1.165) is 22.0 Å². The highest BCUT2D eigenvalue weighted by molar-refractivity contribution is 6.10. The Balaban J connectivity index is 2.67. The number of aromatic nitrogens is 1. The van der Waals surface area contributed by atoms with Gasteiger partial charge in [0.1, 0.15) is 5.75 Å². The Labute approximate surface area is 93.7 Å². The quantitative estimate of drug-likeness (QED) is 0.606. The SMILES string of the molecule is Cc1ccc2c3ccccc3n(C)c2c1O. The van der Waals surface area contributed by atoms with Crippen LogP contribution in [-0.2, 0) is 7.05 Å². The van der Waals surface area contributed by atoms with Gasteiger partial charge in [-0.1, -0.05) is 30.3 Å². The van der Waals surface area contributed by atoms with E-state index in [1.54, 1.807) is 0 Å². The second-order valence-electron chi connectivity index (χ2n) is 4.20. The Hall–Kier alpha value is -1.96. The maximum Gasteiger partial charge on any atom is 0.142 e. The van der Waals surface area contributed by atoms with E-state index in [1.807, 2.05) is 36.7 Å². The minimum absolute atomic E-state index is 0.385. The van der Waals surface area contributed by atoms with Gasteiger partial charge in [0.25, 0.3) is 0 Å². The molecule has 0 radical (unpaired) electrons. The summed E-state index contributed by atoms with van der Waals surface area (Å²) in [4.78, 5) is 0. The first-order valence-electron chi connectivity index (χ1n) is 5.36. The van der Waals surface area contributed by atoms with Gasteiger partial charge in [-0.3, -0.25) is 0 Å². The summed E-state index contributed by atoms with van der Waals surface area (Å²) >= 11 is 0. The number of phenolic OH excluding ortho intramolecular Hbond substituents is 1. The van der Waals surface area contributed by atoms with Crippen LogP contribution in [0.5, 0.6) is 5.75 Å². The van der Waals surface area contributed by atoms with E-state index in [9.17, 15) is 5.11 Å². The molecule has 1 aromatic heterocycles. The summed E-state index contributed by atoms with van der Waals surface area (Å²) in [6.45, 7) is 1.92. The Bertz CT molecular complexity index is 695. The van der Waals surface area contributed by atoms with Crippen molar-refractivity contribution >= 4 is 21.8 Å². The van der Waals surface area contributed by atoms with E-state index in [2.05, 4.69) is 18.2 Å². The zero-order valence-electron chi connectivity index (χ0n) is 9.36. The van der Waals surface area contributed by atoms with Gasteiger partial charge in [0.05, 0.1) is 5.52 Å². The van der Waals surface area contributed by atoms with Crippen molar-refractivity contribution in [1.82, 2.24) is 4.57 Å². The highest BCUT2D eigenvalue weighted by Gasteiger charge is 2.11. The molecular formula is C14H13NO. The number of nitrogens with zero attached hydrogens (tertiary/aromatic N) is 1. The predicted octanol–water partition coefficient (Wildman–Crippen LogP) is 3.35. The van der Waals surface area contributed by atoms with E-state index in [-0.39, 0.29) is 0 Å². The Morgan fingerprint density at radius 1 is 1.00 bits per heavy atom. The average Bonchev–Trinajstić information content (AvgIpc) is 2.59. The van der Waals surface area contributed by atoms with Crippen LogP contribution in [0.2, 0.25) is 0 Å². The fraction of sp³-hybridized carbons (Fsp3) is 0.143. The number of aryl methyl sites for hydroxylation is 2. The van der Waals surface area contributed by atoms with Crippen molar-refractivity contribution < 1.29 is 5.11 Å². The van der Waals surface area contributed by atoms with Crippen molar-refractivity contribution in [2.45, 2.75) is 6.92 Å². The number of benzene rings is 2. The molecule has 2 aromatic carbocycles. The molecule has 0 amide bonds. The van der Waals surface area contributed by atoms with Crippen molar-refractivity contribution in [3.8, 4) is 5.75 Å². The molecule has 0 atom stereocenters. The molecule has 1 N–H and O–H groups in total. The lowest BCUT2D eigenvalue weighted by Crippen LogP contribution is -1.87. The third kappa shape index (κ3) is 1.01. The highest BCUT2D eigenvalue weighted by atomic mass is 16.3. The van der Waals surface area contributed by atoms with Crippen LogP contribution in [0.3, 0.4) is 0 Å². The standard InChI is InChI=1S/C14H13NO/c1-9-7-8-11-10-5-3-4-6-12(10)15(2)13(11)14(9)16/h3-8,16H,1-2H3. The molecule has 0 fully saturated rings. The second-order valence-corrected chi connectivity index (χ2v) is 4.20. The van der Waals surface area contributed by atoms with Gasteiger partial charge in [-0.15, -0.1) is 0 Å². The van der Waals surface area contributed by atoms with Crippen LogP contribution >= 0.6 is 0 Å². The molecule has 80 valence electrons. The van der Waals surface area contributed by atoms with Crippen LogP contribution < -0.4 is 0 Å². The van der Waals surface area contributed by atoms with Crippen molar-refractivity contribution in [2.75, 3.05) is 0 Å². The molecule has 2 nitrogen and oxygen atoms in total. The van der Waals surface area contributed by atoms with Crippen LogP contribution in [-0.4, -0.2) is 9.67 Å². The summed E-state index contributed by atoms with van der Waals surface area (Å²) in [7, 11) is 1.99. The summed E-state index contributed by atoms with van der Waals surface area (Å²) in [5.41, 5.74) is 2.98. The lowest BCUT2D eigenvalue weighted by Gasteiger charge is -2.03. The van der Waals surface area contributed by atoms with E-state index in [4.69, 9.17) is 0 Å². The molecule has 1 heterocycles. The molecule has 0 spiro atoms. The van der Waals surface area contributed by atoms with E-state index in [0.29, 0.717) is 5.75 Å². The number of fused-ring (bicyclic) bond motifs is 3. The van der Waals surface area contributed by atoms with Gasteiger partial charge in [-0.25, -0.2) is 0 Å². The molecular weight excluding hydrogens is 198 g/mol. The smallest absolute Gasteiger partial charge is 0.142 e. The minimum atomic E-state index is 0.385. The molecule has 16 heavy (non-hydrogen) atoms. The molecule has 0 aliphatic carbocycles. The fourth-order valence-electron chi connectivity index (χ4n) is 2.35. The molecule has 3 aromatic rings. The zero-order chi connectivity index (χ0) is 11.3. The first-order chi connectivity index (χ1) is 7.70. The van der Waals surface area contributed by atoms with Crippen molar-refractivity contribution in [2.24, 2.45) is 7.05 Å². The Morgan fingerprint density at radius 2 is 1.75 bits per heavy atom. The molecule has 0 aliphatic heterocycles. The number of aromatic hydroxyl groups is 1. The minimum Gasteiger partial charge on any atom is -0.505 e. The molecule has 0 aliphatic rings. The number of hydrogen-bond donors (Lipinski definition) is 1. The van der Waals surface area contributed by atoms with Crippen LogP contribution in [0.15, 0.2) is 36.4 Å². The summed E-state index contributed by atoms with van der Waals surface area (Å²) in [5.74, 6) is 0.385. The molecule has 2 heteroatoms. The predicted molar refractivity (Wildman–Crippen MR) is 66.8 cm³/mol. The average molecular weight is 211 g/mol. The molecule has 0 unspecified atom stereocenters. The van der Waals surface area contributed by atoms with Crippen LogP contribution in [0.4, 0.5) is 0 Å². The van der Waals surface area contributed by atoms with E-state index in [1.165, 1.54) is 5.39 Å². The summed E-state index contributed by atoms with van der Waals surface area (Å²) < 4.78 is 2.05. The molecule has 0 bridgehead atoms. The topological polar surface area (TPSA) is 25.2 Å². The van der Waals surface area contributed by atoms with Crippen molar-refractivity contribution in [3.05, 3.63) is 42.0 Å². The van der Waals surface area contributed by atoms with Crippen LogP contribution in [0.25, 0.3) is 21.8 Å². The number of rotatable bonds is 0. The Kier molecular flexibility index (Phi) is 1.75. The normalized spacial score (nSPS) is 11.4. The highest BCUT2D eigenvalue weighted by Crippen LogP contribution is 2.35. The molecule has 0 saturated heterocycles. The monoisotopic (exact) mass is 211 g/mol. The first kappa shape index (κ1) is 9.28. The summed E-state index contributed by atoms with van der Waals surface area (Å²) in [6, 6.07) is 12.2. The van der Waals surface area contributed by atoms with Gasteiger partial charge in [-0.2, -0.15) is 0 Å². The number of hydrogen-bond acceptors (Lipinski definition) is 1. The summed E-state index contributed by atoms with van der Waals surface area (Å²) in [5, 5.41) is 12.4. The van der Waals surface area contributed by atoms with Crippen LogP contribution in [0, 0.1) is 6.92 Å². The van der Waals surface area contributed by atoms with Gasteiger partial charge < -0.3 is 9.67 Å². The lowest BCUT2D eigenvalue weighted by molar-refractivity contribution is 0.475. The maximum absolute atomic E-state index is 10.1. The Morgan fingerprint density at radius 3 is 2.56 bits per heavy atom. The van der Waals surface area contributed by atoms with E-state index >= 15 is 0 Å². The van der Waals surface area contributed by atoms with Crippen LogP contribution in [0.1, 0.15) is 5.56 Å². The third-order valence-electron chi connectivity index (χ3n) is 3.24. The third-order valence-corrected chi connectivity index (χ3v) is 3.24. The van der Waals surface area contributed by atoms with Gasteiger partial charge in [0.15, 0.2) is 0 Å². The van der Waals surface area contributed by atoms with Gasteiger partial charge in [0, 0.05) is 23.3 Å². The van der Waals surface area contributed by atoms with Crippen molar-refractivity contribution in [1.29, 1.82) is 0 Å². The van der Waals surface area contributed by atoms with Gasteiger partial charge >= 0.3 is 0 Å². The molecule has 3 rings (SSSR count). The fourth-order valence-corrected chi connectivity index (χ4v) is 2.35. The lowest BCUT2D eigenvalue weighted by atomic mass is 10.1.